The molecule has 1 aliphatic rings. The van der Waals surface area contributed by atoms with Crippen LogP contribution in [0.1, 0.15) is 46.5 Å². The van der Waals surface area contributed by atoms with Gasteiger partial charge in [-0.2, -0.15) is 0 Å². The highest BCUT2D eigenvalue weighted by Crippen LogP contribution is 2.32. The maximum Gasteiger partial charge on any atom is 0.0983 e. The van der Waals surface area contributed by atoms with Crippen LogP contribution in [0.25, 0.3) is 0 Å². The average Bonchev–Trinajstić information content (AvgIpc) is 2.30. The van der Waals surface area contributed by atoms with Crippen LogP contribution in [0.15, 0.2) is 0 Å². The van der Waals surface area contributed by atoms with E-state index in [9.17, 15) is 5.11 Å². The molecule has 0 radical (unpaired) electrons. The molecule has 16 heavy (non-hydrogen) atoms. The first-order valence-electron chi connectivity index (χ1n) is 6.54. The van der Waals surface area contributed by atoms with Crippen molar-refractivity contribution in [2.75, 3.05) is 19.8 Å². The molecular formula is C13H26O3. The largest absolute Gasteiger partial charge is 0.390 e. The Morgan fingerprint density at radius 1 is 1.31 bits per heavy atom. The summed E-state index contributed by atoms with van der Waals surface area (Å²) in [5.74, 6) is 0.551. The van der Waals surface area contributed by atoms with Gasteiger partial charge in [0.25, 0.3) is 0 Å². The second-order valence-corrected chi connectivity index (χ2v) is 4.88. The third-order valence-electron chi connectivity index (χ3n) is 3.70. The smallest absolute Gasteiger partial charge is 0.0983 e. The molecule has 0 aromatic heterocycles. The van der Waals surface area contributed by atoms with Crippen LogP contribution in [0.3, 0.4) is 0 Å². The van der Waals surface area contributed by atoms with Gasteiger partial charge in [-0.05, 0) is 19.3 Å². The van der Waals surface area contributed by atoms with E-state index in [1.165, 1.54) is 0 Å². The van der Waals surface area contributed by atoms with Crippen molar-refractivity contribution in [3.05, 3.63) is 0 Å². The zero-order valence-electron chi connectivity index (χ0n) is 10.9. The SMILES string of the molecule is CCOC1(C(O)CC(C)CC)CCOCC1. The van der Waals surface area contributed by atoms with Crippen LogP contribution in [0.4, 0.5) is 0 Å². The molecule has 1 aliphatic heterocycles. The van der Waals surface area contributed by atoms with E-state index in [2.05, 4.69) is 13.8 Å². The maximum atomic E-state index is 10.4. The molecule has 2 atom stereocenters. The Hall–Kier alpha value is -0.120. The molecule has 3 nitrogen and oxygen atoms in total. The van der Waals surface area contributed by atoms with Crippen molar-refractivity contribution < 1.29 is 14.6 Å². The third-order valence-corrected chi connectivity index (χ3v) is 3.70. The lowest BCUT2D eigenvalue weighted by molar-refractivity contribution is -0.169. The molecule has 0 amide bonds. The van der Waals surface area contributed by atoms with Crippen LogP contribution in [0.2, 0.25) is 0 Å². The van der Waals surface area contributed by atoms with Crippen molar-refractivity contribution >= 4 is 0 Å². The molecule has 0 saturated carbocycles. The van der Waals surface area contributed by atoms with Crippen molar-refractivity contribution in [3.63, 3.8) is 0 Å². The van der Waals surface area contributed by atoms with E-state index in [-0.39, 0.29) is 11.7 Å². The molecule has 0 bridgehead atoms. The molecular weight excluding hydrogens is 204 g/mol. The standard InChI is InChI=1S/C13H26O3/c1-4-11(3)10-12(14)13(16-5-2)6-8-15-9-7-13/h11-12,14H,4-10H2,1-3H3. The Morgan fingerprint density at radius 3 is 2.44 bits per heavy atom. The molecule has 0 aromatic carbocycles. The number of hydrogen-bond donors (Lipinski definition) is 1. The van der Waals surface area contributed by atoms with Crippen molar-refractivity contribution in [1.29, 1.82) is 0 Å². The maximum absolute atomic E-state index is 10.4. The van der Waals surface area contributed by atoms with Gasteiger partial charge in [-0.25, -0.2) is 0 Å². The summed E-state index contributed by atoms with van der Waals surface area (Å²) in [6.45, 7) is 8.41. The number of ether oxygens (including phenoxy) is 2. The van der Waals surface area contributed by atoms with Crippen molar-refractivity contribution in [2.24, 2.45) is 5.92 Å². The first kappa shape index (κ1) is 13.9. The first-order valence-corrected chi connectivity index (χ1v) is 6.54. The van der Waals surface area contributed by atoms with Gasteiger partial charge >= 0.3 is 0 Å². The molecule has 96 valence electrons. The van der Waals surface area contributed by atoms with Crippen LogP contribution in [-0.4, -0.2) is 36.6 Å². The summed E-state index contributed by atoms with van der Waals surface area (Å²) in [4.78, 5) is 0. The fraction of sp³-hybridized carbons (Fsp3) is 1.00. The summed E-state index contributed by atoms with van der Waals surface area (Å²) in [6.07, 6.45) is 3.22. The van der Waals surface area contributed by atoms with Gasteiger partial charge in [-0.3, -0.25) is 0 Å². The van der Waals surface area contributed by atoms with Crippen molar-refractivity contribution in [2.45, 2.75) is 58.2 Å². The number of aliphatic hydroxyl groups excluding tert-OH is 1. The molecule has 1 heterocycles. The van der Waals surface area contributed by atoms with Gasteiger partial charge in [0, 0.05) is 32.7 Å². The highest BCUT2D eigenvalue weighted by Gasteiger charge is 2.40. The van der Waals surface area contributed by atoms with Gasteiger partial charge in [-0.1, -0.05) is 20.3 Å². The van der Waals surface area contributed by atoms with E-state index < -0.39 is 0 Å². The molecule has 1 N–H and O–H groups in total. The molecule has 2 unspecified atom stereocenters. The minimum atomic E-state index is -0.355. The summed E-state index contributed by atoms with van der Waals surface area (Å²) < 4.78 is 11.2. The number of hydrogen-bond acceptors (Lipinski definition) is 3. The Bertz CT molecular complexity index is 182. The summed E-state index contributed by atoms with van der Waals surface area (Å²) in [5.41, 5.74) is -0.351. The van der Waals surface area contributed by atoms with Gasteiger partial charge in [0.15, 0.2) is 0 Å². The van der Waals surface area contributed by atoms with Crippen LogP contribution >= 0.6 is 0 Å². The minimum Gasteiger partial charge on any atom is -0.390 e. The number of rotatable bonds is 6. The molecule has 3 heteroatoms. The van der Waals surface area contributed by atoms with E-state index in [1.807, 2.05) is 6.92 Å². The van der Waals surface area contributed by atoms with E-state index in [0.29, 0.717) is 25.7 Å². The molecule has 1 fully saturated rings. The predicted molar refractivity (Wildman–Crippen MR) is 64.5 cm³/mol. The van der Waals surface area contributed by atoms with Gasteiger partial charge in [-0.15, -0.1) is 0 Å². The monoisotopic (exact) mass is 230 g/mol. The summed E-state index contributed by atoms with van der Waals surface area (Å²) >= 11 is 0. The third kappa shape index (κ3) is 3.44. The van der Waals surface area contributed by atoms with Crippen LogP contribution < -0.4 is 0 Å². The average molecular weight is 230 g/mol. The highest BCUT2D eigenvalue weighted by atomic mass is 16.5. The topological polar surface area (TPSA) is 38.7 Å². The Balaban J connectivity index is 2.59. The highest BCUT2D eigenvalue weighted by molar-refractivity contribution is 4.91. The zero-order valence-corrected chi connectivity index (χ0v) is 10.9. The summed E-state index contributed by atoms with van der Waals surface area (Å²) in [7, 11) is 0. The molecule has 0 aromatic rings. The van der Waals surface area contributed by atoms with E-state index in [0.717, 1.165) is 25.7 Å². The van der Waals surface area contributed by atoms with Gasteiger partial charge in [0.1, 0.15) is 0 Å². The van der Waals surface area contributed by atoms with E-state index >= 15 is 0 Å². The fourth-order valence-corrected chi connectivity index (χ4v) is 2.34. The first-order chi connectivity index (χ1) is 7.64. The lowest BCUT2D eigenvalue weighted by atomic mass is 9.83. The quantitative estimate of drug-likeness (QED) is 0.761. The summed E-state index contributed by atoms with van der Waals surface area (Å²) in [6, 6.07) is 0. The lowest BCUT2D eigenvalue weighted by Crippen LogP contribution is -2.49. The minimum absolute atomic E-state index is 0.351. The van der Waals surface area contributed by atoms with Gasteiger partial charge in [0.2, 0.25) is 0 Å². The van der Waals surface area contributed by atoms with Gasteiger partial charge in [0.05, 0.1) is 11.7 Å². The Morgan fingerprint density at radius 2 is 1.94 bits per heavy atom. The lowest BCUT2D eigenvalue weighted by Gasteiger charge is -2.41. The predicted octanol–water partition coefficient (Wildman–Crippen LogP) is 2.37. The van der Waals surface area contributed by atoms with Gasteiger partial charge < -0.3 is 14.6 Å². The van der Waals surface area contributed by atoms with Crippen LogP contribution in [0.5, 0.6) is 0 Å². The van der Waals surface area contributed by atoms with Crippen molar-refractivity contribution in [1.82, 2.24) is 0 Å². The molecule has 1 rings (SSSR count). The summed E-state index contributed by atoms with van der Waals surface area (Å²) in [5, 5.41) is 10.4. The van der Waals surface area contributed by atoms with E-state index in [1.54, 1.807) is 0 Å². The molecule has 1 saturated heterocycles. The van der Waals surface area contributed by atoms with Crippen LogP contribution in [0, 0.1) is 5.92 Å². The second kappa shape index (κ2) is 6.58. The normalized spacial score (nSPS) is 24.0. The number of aliphatic hydroxyl groups is 1. The van der Waals surface area contributed by atoms with Crippen molar-refractivity contribution in [3.8, 4) is 0 Å². The molecule has 0 aliphatic carbocycles. The molecule has 0 spiro atoms. The van der Waals surface area contributed by atoms with Crippen LogP contribution in [-0.2, 0) is 9.47 Å². The zero-order chi connectivity index (χ0) is 12.0. The Labute approximate surface area is 99.1 Å². The Kier molecular flexibility index (Phi) is 5.73. The van der Waals surface area contributed by atoms with E-state index in [4.69, 9.17) is 9.47 Å². The fourth-order valence-electron chi connectivity index (χ4n) is 2.34. The second-order valence-electron chi connectivity index (χ2n) is 4.88.